The summed E-state index contributed by atoms with van der Waals surface area (Å²) in [4.78, 5) is 24.2. The van der Waals surface area contributed by atoms with E-state index in [-0.39, 0.29) is 11.8 Å². The number of hydrogen-bond acceptors (Lipinski definition) is 5. The van der Waals surface area contributed by atoms with E-state index in [2.05, 4.69) is 32.3 Å². The van der Waals surface area contributed by atoms with Gasteiger partial charge in [0.15, 0.2) is 0 Å². The molecule has 1 aliphatic heterocycles. The van der Waals surface area contributed by atoms with Crippen molar-refractivity contribution in [3.63, 3.8) is 0 Å². The molecule has 1 N–H and O–H groups in total. The van der Waals surface area contributed by atoms with Crippen molar-refractivity contribution in [2.45, 2.75) is 17.7 Å². The number of nitrogens with zero attached hydrogens (tertiary/aromatic N) is 3. The maximum absolute atomic E-state index is 12.4. The molecule has 1 aromatic carbocycles. The van der Waals surface area contributed by atoms with Crippen molar-refractivity contribution in [2.24, 2.45) is 5.92 Å². The molecule has 1 atom stereocenters. The smallest absolute Gasteiger partial charge is 0.224 e. The van der Waals surface area contributed by atoms with Gasteiger partial charge in [0.2, 0.25) is 5.91 Å². The number of rotatable bonds is 6. The van der Waals surface area contributed by atoms with Crippen LogP contribution < -0.4 is 10.2 Å². The zero-order valence-corrected chi connectivity index (χ0v) is 14.4. The highest BCUT2D eigenvalue weighted by atomic mass is 32.2. The van der Waals surface area contributed by atoms with Gasteiger partial charge in [-0.2, -0.15) is 0 Å². The Morgan fingerprint density at radius 1 is 1.29 bits per heavy atom. The zero-order chi connectivity index (χ0) is 16.6. The van der Waals surface area contributed by atoms with Crippen molar-refractivity contribution in [2.75, 3.05) is 30.3 Å². The van der Waals surface area contributed by atoms with Gasteiger partial charge >= 0.3 is 0 Å². The van der Waals surface area contributed by atoms with Crippen LogP contribution in [0.5, 0.6) is 0 Å². The minimum atomic E-state index is 0.0301. The van der Waals surface area contributed by atoms with Crippen LogP contribution in [0.1, 0.15) is 12.8 Å². The van der Waals surface area contributed by atoms with E-state index in [0.29, 0.717) is 6.54 Å². The van der Waals surface area contributed by atoms with Crippen LogP contribution in [0.25, 0.3) is 0 Å². The predicted molar refractivity (Wildman–Crippen MR) is 97.1 cm³/mol. The molecule has 2 aromatic rings. The van der Waals surface area contributed by atoms with E-state index in [4.69, 9.17) is 0 Å². The Morgan fingerprint density at radius 2 is 2.17 bits per heavy atom. The summed E-state index contributed by atoms with van der Waals surface area (Å²) in [5.74, 6) is 1.92. The molecule has 0 aliphatic carbocycles. The maximum Gasteiger partial charge on any atom is 0.224 e. The van der Waals surface area contributed by atoms with Crippen LogP contribution >= 0.6 is 11.8 Å². The highest BCUT2D eigenvalue weighted by Crippen LogP contribution is 2.21. The van der Waals surface area contributed by atoms with Crippen LogP contribution in [-0.2, 0) is 4.79 Å². The molecule has 1 unspecified atom stereocenters. The van der Waals surface area contributed by atoms with Crippen LogP contribution in [-0.4, -0.2) is 41.3 Å². The van der Waals surface area contributed by atoms with E-state index in [1.807, 2.05) is 18.2 Å². The molecule has 0 spiro atoms. The molecular formula is C18H22N4OS. The topological polar surface area (TPSA) is 58.1 Å². The van der Waals surface area contributed by atoms with Gasteiger partial charge < -0.3 is 10.2 Å². The number of anilines is 1. The highest BCUT2D eigenvalue weighted by molar-refractivity contribution is 7.99. The van der Waals surface area contributed by atoms with E-state index in [0.717, 1.165) is 37.5 Å². The number of aromatic nitrogens is 2. The summed E-state index contributed by atoms with van der Waals surface area (Å²) in [7, 11) is 0. The second-order valence-electron chi connectivity index (χ2n) is 5.80. The van der Waals surface area contributed by atoms with Gasteiger partial charge in [0.25, 0.3) is 0 Å². The molecule has 0 radical (unpaired) electrons. The van der Waals surface area contributed by atoms with Gasteiger partial charge in [-0.05, 0) is 25.0 Å². The molecule has 0 saturated carbocycles. The fourth-order valence-corrected chi connectivity index (χ4v) is 3.65. The van der Waals surface area contributed by atoms with Crippen LogP contribution in [0.2, 0.25) is 0 Å². The largest absolute Gasteiger partial charge is 0.355 e. The van der Waals surface area contributed by atoms with Crippen LogP contribution in [0, 0.1) is 5.92 Å². The Labute approximate surface area is 146 Å². The van der Waals surface area contributed by atoms with Crippen molar-refractivity contribution in [1.82, 2.24) is 15.3 Å². The molecule has 5 nitrogen and oxygen atoms in total. The number of thioether (sulfide) groups is 1. The average molecular weight is 342 g/mol. The lowest BCUT2D eigenvalue weighted by atomic mass is 9.97. The molecule has 24 heavy (non-hydrogen) atoms. The fourth-order valence-electron chi connectivity index (χ4n) is 2.86. The number of carbonyl (C=O) groups is 1. The van der Waals surface area contributed by atoms with Gasteiger partial charge in [-0.25, -0.2) is 4.98 Å². The quantitative estimate of drug-likeness (QED) is 0.646. The molecule has 1 saturated heterocycles. The lowest BCUT2D eigenvalue weighted by Gasteiger charge is -2.32. The van der Waals surface area contributed by atoms with Crippen molar-refractivity contribution in [3.8, 4) is 0 Å². The van der Waals surface area contributed by atoms with E-state index < -0.39 is 0 Å². The first-order valence-corrected chi connectivity index (χ1v) is 9.28. The van der Waals surface area contributed by atoms with Crippen molar-refractivity contribution < 1.29 is 4.79 Å². The SMILES string of the molecule is O=C(NCCSc1ccccc1)C1CCCN(c2cnccn2)C1. The highest BCUT2D eigenvalue weighted by Gasteiger charge is 2.26. The lowest BCUT2D eigenvalue weighted by Crippen LogP contribution is -2.43. The van der Waals surface area contributed by atoms with E-state index in [9.17, 15) is 4.79 Å². The predicted octanol–water partition coefficient (Wildman–Crippen LogP) is 2.60. The van der Waals surface area contributed by atoms with Gasteiger partial charge in [0, 0.05) is 42.7 Å². The van der Waals surface area contributed by atoms with Gasteiger partial charge in [-0.3, -0.25) is 9.78 Å². The first-order valence-electron chi connectivity index (χ1n) is 8.29. The third-order valence-corrected chi connectivity index (χ3v) is 5.09. The molecule has 1 amide bonds. The Kier molecular flexibility index (Phi) is 6.07. The monoisotopic (exact) mass is 342 g/mol. The molecule has 1 aromatic heterocycles. The second-order valence-corrected chi connectivity index (χ2v) is 6.97. The first kappa shape index (κ1) is 16.8. The normalized spacial score (nSPS) is 17.5. The number of amides is 1. The van der Waals surface area contributed by atoms with Crippen LogP contribution in [0.4, 0.5) is 5.82 Å². The third kappa shape index (κ3) is 4.71. The maximum atomic E-state index is 12.4. The molecule has 1 aliphatic rings. The summed E-state index contributed by atoms with van der Waals surface area (Å²) in [5.41, 5.74) is 0. The van der Waals surface area contributed by atoms with E-state index in [1.54, 1.807) is 30.4 Å². The molecule has 0 bridgehead atoms. The minimum Gasteiger partial charge on any atom is -0.355 e. The van der Waals surface area contributed by atoms with Crippen molar-refractivity contribution in [3.05, 3.63) is 48.9 Å². The standard InChI is InChI=1S/C18H22N4OS/c23-18(21-10-12-24-16-6-2-1-3-7-16)15-5-4-11-22(14-15)17-13-19-8-9-20-17/h1-3,6-9,13,15H,4-5,10-12,14H2,(H,21,23). The summed E-state index contributed by atoms with van der Waals surface area (Å²) in [6, 6.07) is 10.3. The average Bonchev–Trinajstić information content (AvgIpc) is 2.67. The molecular weight excluding hydrogens is 320 g/mol. The Balaban J connectivity index is 1.43. The number of hydrogen-bond donors (Lipinski definition) is 1. The fraction of sp³-hybridized carbons (Fsp3) is 0.389. The summed E-state index contributed by atoms with van der Waals surface area (Å²) in [6.07, 6.45) is 7.07. The van der Waals surface area contributed by atoms with E-state index in [1.165, 1.54) is 4.90 Å². The molecule has 2 heterocycles. The molecule has 3 rings (SSSR count). The number of carbonyl (C=O) groups excluding carboxylic acids is 1. The number of benzene rings is 1. The lowest BCUT2D eigenvalue weighted by molar-refractivity contribution is -0.125. The zero-order valence-electron chi connectivity index (χ0n) is 13.6. The number of piperidine rings is 1. The van der Waals surface area contributed by atoms with Gasteiger partial charge in [0.1, 0.15) is 5.82 Å². The summed E-state index contributed by atoms with van der Waals surface area (Å²) < 4.78 is 0. The van der Waals surface area contributed by atoms with Gasteiger partial charge in [0.05, 0.1) is 12.1 Å². The Hall–Kier alpha value is -2.08. The van der Waals surface area contributed by atoms with Gasteiger partial charge in [-0.1, -0.05) is 18.2 Å². The first-order chi connectivity index (χ1) is 11.8. The molecule has 126 valence electrons. The van der Waals surface area contributed by atoms with Crippen LogP contribution in [0.3, 0.4) is 0 Å². The van der Waals surface area contributed by atoms with Crippen molar-refractivity contribution in [1.29, 1.82) is 0 Å². The summed E-state index contributed by atoms with van der Waals surface area (Å²) in [5, 5.41) is 3.07. The van der Waals surface area contributed by atoms with Crippen LogP contribution in [0.15, 0.2) is 53.8 Å². The Morgan fingerprint density at radius 3 is 2.96 bits per heavy atom. The Bertz CT molecular complexity index is 638. The number of nitrogens with one attached hydrogen (secondary N) is 1. The van der Waals surface area contributed by atoms with Gasteiger partial charge in [-0.15, -0.1) is 11.8 Å². The summed E-state index contributed by atoms with van der Waals surface area (Å²) >= 11 is 1.76. The second kappa shape index (κ2) is 8.68. The molecule has 1 fully saturated rings. The minimum absolute atomic E-state index is 0.0301. The van der Waals surface area contributed by atoms with Crippen molar-refractivity contribution >= 4 is 23.5 Å². The third-order valence-electron chi connectivity index (χ3n) is 4.08. The van der Waals surface area contributed by atoms with E-state index >= 15 is 0 Å². The summed E-state index contributed by atoms with van der Waals surface area (Å²) in [6.45, 7) is 2.35. The molecule has 6 heteroatoms.